The van der Waals surface area contributed by atoms with Gasteiger partial charge >= 0.3 is 0 Å². The zero-order valence-electron chi connectivity index (χ0n) is 11.5. The first kappa shape index (κ1) is 14.3. The molecule has 0 radical (unpaired) electrons. The Morgan fingerprint density at radius 1 is 1.20 bits per heavy atom. The summed E-state index contributed by atoms with van der Waals surface area (Å²) >= 11 is 1.58. The fourth-order valence-corrected chi connectivity index (χ4v) is 2.48. The number of nitriles is 1. The van der Waals surface area contributed by atoms with E-state index in [-0.39, 0.29) is 0 Å². The van der Waals surface area contributed by atoms with Gasteiger partial charge in [-0.3, -0.25) is 0 Å². The highest BCUT2D eigenvalue weighted by atomic mass is 32.2. The highest BCUT2D eigenvalue weighted by molar-refractivity contribution is 7.98. The molecule has 20 heavy (non-hydrogen) atoms. The average Bonchev–Trinajstić information content (AvgIpc) is 2.52. The summed E-state index contributed by atoms with van der Waals surface area (Å²) in [7, 11) is 1.65. The number of nitrogens with zero attached hydrogens (tertiary/aromatic N) is 1. The van der Waals surface area contributed by atoms with Crippen LogP contribution in [0.25, 0.3) is 0 Å². The van der Waals surface area contributed by atoms with E-state index in [1.807, 2.05) is 48.7 Å². The van der Waals surface area contributed by atoms with Gasteiger partial charge in [-0.2, -0.15) is 5.26 Å². The van der Waals surface area contributed by atoms with Gasteiger partial charge in [0.25, 0.3) is 0 Å². The summed E-state index contributed by atoms with van der Waals surface area (Å²) in [5, 5.41) is 12.6. The predicted octanol–water partition coefficient (Wildman–Crippen LogP) is 3.90. The number of benzene rings is 2. The van der Waals surface area contributed by atoms with Gasteiger partial charge in [-0.15, -0.1) is 11.8 Å². The minimum absolute atomic E-state index is 0.677. The molecular formula is C16H16N2OS. The summed E-state index contributed by atoms with van der Waals surface area (Å²) in [4.78, 5) is 0.993. The van der Waals surface area contributed by atoms with E-state index in [1.165, 1.54) is 0 Å². The number of rotatable bonds is 5. The topological polar surface area (TPSA) is 45.0 Å². The van der Waals surface area contributed by atoms with Crippen LogP contribution in [0.2, 0.25) is 0 Å². The van der Waals surface area contributed by atoms with E-state index in [0.29, 0.717) is 12.1 Å². The molecule has 0 fully saturated rings. The van der Waals surface area contributed by atoms with E-state index in [9.17, 15) is 5.26 Å². The van der Waals surface area contributed by atoms with Crippen LogP contribution >= 0.6 is 11.8 Å². The molecule has 0 heterocycles. The lowest BCUT2D eigenvalue weighted by Gasteiger charge is -2.11. The van der Waals surface area contributed by atoms with Crippen molar-refractivity contribution in [3.8, 4) is 11.8 Å². The molecule has 2 aromatic rings. The molecule has 0 saturated carbocycles. The molecular weight excluding hydrogens is 268 g/mol. The second-order valence-electron chi connectivity index (χ2n) is 4.20. The normalized spacial score (nSPS) is 9.85. The van der Waals surface area contributed by atoms with Crippen molar-refractivity contribution < 1.29 is 4.74 Å². The van der Waals surface area contributed by atoms with E-state index >= 15 is 0 Å². The Bertz CT molecular complexity index is 617. The third-order valence-corrected chi connectivity index (χ3v) is 3.78. The van der Waals surface area contributed by atoms with Crippen LogP contribution in [0, 0.1) is 11.3 Å². The van der Waals surface area contributed by atoms with Gasteiger partial charge in [0, 0.05) is 11.4 Å². The molecule has 0 bridgehead atoms. The van der Waals surface area contributed by atoms with Crippen molar-refractivity contribution >= 4 is 17.4 Å². The zero-order valence-corrected chi connectivity index (χ0v) is 12.3. The molecule has 3 nitrogen and oxygen atoms in total. The van der Waals surface area contributed by atoms with E-state index in [1.54, 1.807) is 18.9 Å². The summed E-state index contributed by atoms with van der Waals surface area (Å²) in [6, 6.07) is 16.0. The van der Waals surface area contributed by atoms with Gasteiger partial charge in [0.1, 0.15) is 11.8 Å². The molecule has 102 valence electrons. The van der Waals surface area contributed by atoms with Gasteiger partial charge in [0.2, 0.25) is 0 Å². The number of anilines is 1. The lowest BCUT2D eigenvalue weighted by Crippen LogP contribution is -2.02. The van der Waals surface area contributed by atoms with Crippen LogP contribution in [0.3, 0.4) is 0 Å². The SMILES string of the molecule is COc1ccc(CNc2cccc(SC)c2C#N)cc1. The van der Waals surface area contributed by atoms with Crippen molar-refractivity contribution in [2.45, 2.75) is 11.4 Å². The van der Waals surface area contributed by atoms with Gasteiger partial charge < -0.3 is 10.1 Å². The van der Waals surface area contributed by atoms with Crippen LogP contribution in [0.15, 0.2) is 47.4 Å². The van der Waals surface area contributed by atoms with Gasteiger partial charge in [-0.1, -0.05) is 18.2 Å². The first-order chi connectivity index (χ1) is 9.78. The molecule has 0 saturated heterocycles. The molecule has 0 aliphatic rings. The maximum absolute atomic E-state index is 9.28. The Morgan fingerprint density at radius 2 is 1.95 bits per heavy atom. The van der Waals surface area contributed by atoms with Crippen molar-refractivity contribution in [1.29, 1.82) is 5.26 Å². The summed E-state index contributed by atoms with van der Waals surface area (Å²) < 4.78 is 5.13. The lowest BCUT2D eigenvalue weighted by molar-refractivity contribution is 0.414. The van der Waals surface area contributed by atoms with Crippen molar-refractivity contribution in [2.24, 2.45) is 0 Å². The molecule has 0 aromatic heterocycles. The molecule has 0 spiro atoms. The van der Waals surface area contributed by atoms with Crippen molar-refractivity contribution in [2.75, 3.05) is 18.7 Å². The minimum atomic E-state index is 0.677. The van der Waals surface area contributed by atoms with Crippen LogP contribution in [-0.4, -0.2) is 13.4 Å². The molecule has 0 atom stereocenters. The molecule has 4 heteroatoms. The number of ether oxygens (including phenoxy) is 1. The number of thioether (sulfide) groups is 1. The Labute approximate surface area is 123 Å². The van der Waals surface area contributed by atoms with E-state index < -0.39 is 0 Å². The summed E-state index contributed by atoms with van der Waals surface area (Å²) in [6.07, 6.45) is 1.98. The van der Waals surface area contributed by atoms with Crippen LogP contribution in [0.4, 0.5) is 5.69 Å². The third kappa shape index (κ3) is 3.25. The number of methoxy groups -OCH3 is 1. The monoisotopic (exact) mass is 284 g/mol. The maximum Gasteiger partial charge on any atom is 0.118 e. The first-order valence-corrected chi connectivity index (χ1v) is 7.45. The highest BCUT2D eigenvalue weighted by Gasteiger charge is 2.06. The van der Waals surface area contributed by atoms with Crippen molar-refractivity contribution in [3.05, 3.63) is 53.6 Å². The van der Waals surface area contributed by atoms with Gasteiger partial charge in [-0.05, 0) is 36.1 Å². The Hall–Kier alpha value is -2.12. The predicted molar refractivity (Wildman–Crippen MR) is 83.3 cm³/mol. The van der Waals surface area contributed by atoms with E-state index in [2.05, 4.69) is 11.4 Å². The average molecular weight is 284 g/mol. The lowest BCUT2D eigenvalue weighted by atomic mass is 10.1. The molecule has 0 amide bonds. The minimum Gasteiger partial charge on any atom is -0.497 e. The third-order valence-electron chi connectivity index (χ3n) is 3.00. The number of hydrogen-bond acceptors (Lipinski definition) is 4. The van der Waals surface area contributed by atoms with Crippen LogP contribution in [-0.2, 0) is 6.54 Å². The number of nitrogens with one attached hydrogen (secondary N) is 1. The Kier molecular flexibility index (Phi) is 4.91. The molecule has 0 aliphatic heterocycles. The summed E-state index contributed by atoms with van der Waals surface area (Å²) in [5.74, 6) is 0.843. The fourth-order valence-electron chi connectivity index (χ4n) is 1.90. The molecule has 1 N–H and O–H groups in total. The van der Waals surface area contributed by atoms with Crippen molar-refractivity contribution in [3.63, 3.8) is 0 Å². The zero-order chi connectivity index (χ0) is 14.4. The van der Waals surface area contributed by atoms with Crippen LogP contribution in [0.5, 0.6) is 5.75 Å². The second kappa shape index (κ2) is 6.88. The van der Waals surface area contributed by atoms with Gasteiger partial charge in [0.05, 0.1) is 18.4 Å². The number of hydrogen-bond donors (Lipinski definition) is 1. The van der Waals surface area contributed by atoms with Gasteiger partial charge in [0.15, 0.2) is 0 Å². The quantitative estimate of drug-likeness (QED) is 0.846. The largest absolute Gasteiger partial charge is 0.497 e. The molecule has 2 rings (SSSR count). The summed E-state index contributed by atoms with van der Waals surface area (Å²) in [6.45, 7) is 0.677. The first-order valence-electron chi connectivity index (χ1n) is 6.22. The van der Waals surface area contributed by atoms with Crippen LogP contribution < -0.4 is 10.1 Å². The Balaban J connectivity index is 2.12. The van der Waals surface area contributed by atoms with Crippen molar-refractivity contribution in [1.82, 2.24) is 0 Å². The van der Waals surface area contributed by atoms with Gasteiger partial charge in [-0.25, -0.2) is 0 Å². The standard InChI is InChI=1S/C16H16N2OS/c1-19-13-8-6-12(7-9-13)11-18-15-4-3-5-16(20-2)14(15)10-17/h3-9,18H,11H2,1-2H3. The molecule has 2 aromatic carbocycles. The Morgan fingerprint density at radius 3 is 2.55 bits per heavy atom. The molecule has 0 unspecified atom stereocenters. The molecule has 0 aliphatic carbocycles. The highest BCUT2D eigenvalue weighted by Crippen LogP contribution is 2.26. The fraction of sp³-hybridized carbons (Fsp3) is 0.188. The van der Waals surface area contributed by atoms with Crippen LogP contribution in [0.1, 0.15) is 11.1 Å². The summed E-state index contributed by atoms with van der Waals surface area (Å²) in [5.41, 5.74) is 2.72. The second-order valence-corrected chi connectivity index (χ2v) is 5.04. The van der Waals surface area contributed by atoms with E-state index in [4.69, 9.17) is 4.74 Å². The smallest absolute Gasteiger partial charge is 0.118 e. The maximum atomic E-state index is 9.28. The van der Waals surface area contributed by atoms with E-state index in [0.717, 1.165) is 21.9 Å².